The molecule has 0 radical (unpaired) electrons. The molecular formula is C18H20FN5O3. The van der Waals surface area contributed by atoms with E-state index in [1.807, 2.05) is 0 Å². The number of amides is 2. The van der Waals surface area contributed by atoms with Crippen molar-refractivity contribution in [3.05, 3.63) is 48.0 Å². The molecule has 2 aromatic rings. The first-order valence-electron chi connectivity index (χ1n) is 8.62. The van der Waals surface area contributed by atoms with Crippen LogP contribution in [0.3, 0.4) is 0 Å². The highest BCUT2D eigenvalue weighted by molar-refractivity contribution is 5.93. The molecule has 0 spiro atoms. The second-order valence-electron chi connectivity index (χ2n) is 5.91. The first-order chi connectivity index (χ1) is 13.1. The Kier molecular flexibility index (Phi) is 5.80. The van der Waals surface area contributed by atoms with E-state index < -0.39 is 0 Å². The van der Waals surface area contributed by atoms with Gasteiger partial charge in [0.2, 0.25) is 5.95 Å². The molecule has 2 heterocycles. The van der Waals surface area contributed by atoms with Crippen LogP contribution >= 0.6 is 0 Å². The van der Waals surface area contributed by atoms with Gasteiger partial charge in [0, 0.05) is 44.3 Å². The van der Waals surface area contributed by atoms with Gasteiger partial charge in [-0.3, -0.25) is 4.79 Å². The number of anilines is 2. The Morgan fingerprint density at radius 1 is 1.15 bits per heavy atom. The molecule has 2 amide bonds. The second kappa shape index (κ2) is 8.43. The summed E-state index contributed by atoms with van der Waals surface area (Å²) in [6, 6.07) is 5.93. The van der Waals surface area contributed by atoms with E-state index in [-0.39, 0.29) is 23.8 Å². The first kappa shape index (κ1) is 18.6. The minimum Gasteiger partial charge on any atom is -0.450 e. The van der Waals surface area contributed by atoms with Gasteiger partial charge in [-0.1, -0.05) is 6.07 Å². The summed E-state index contributed by atoms with van der Waals surface area (Å²) < 4.78 is 18.2. The van der Waals surface area contributed by atoms with E-state index in [1.165, 1.54) is 24.5 Å². The molecule has 0 unspecified atom stereocenters. The normalized spacial score (nSPS) is 14.0. The van der Waals surface area contributed by atoms with E-state index >= 15 is 0 Å². The Labute approximate surface area is 156 Å². The number of benzene rings is 1. The lowest BCUT2D eigenvalue weighted by atomic mass is 10.2. The maximum atomic E-state index is 13.2. The van der Waals surface area contributed by atoms with Crippen LogP contribution in [0.5, 0.6) is 0 Å². The Bertz CT molecular complexity index is 807. The largest absolute Gasteiger partial charge is 0.450 e. The number of carbonyl (C=O) groups is 2. The molecule has 0 saturated carbocycles. The Morgan fingerprint density at radius 3 is 2.44 bits per heavy atom. The van der Waals surface area contributed by atoms with Crippen molar-refractivity contribution in [2.45, 2.75) is 6.92 Å². The van der Waals surface area contributed by atoms with Gasteiger partial charge in [-0.2, -0.15) is 0 Å². The molecule has 8 nitrogen and oxygen atoms in total. The minimum atomic E-state index is -0.367. The molecule has 0 atom stereocenters. The summed E-state index contributed by atoms with van der Waals surface area (Å²) in [5.74, 6) is -0.297. The standard InChI is InChI=1S/C18H20FN5O3/c1-2-27-18(26)24-8-6-23(7-9-24)16(25)13-11-20-17(21-12-13)22-15-5-3-4-14(19)10-15/h3-5,10-12H,2,6-9H2,1H3,(H,20,21,22). The van der Waals surface area contributed by atoms with Crippen molar-refractivity contribution in [3.8, 4) is 0 Å². The summed E-state index contributed by atoms with van der Waals surface area (Å²) in [4.78, 5) is 35.7. The highest BCUT2D eigenvalue weighted by Gasteiger charge is 2.25. The molecule has 0 bridgehead atoms. The molecule has 1 aliphatic heterocycles. The van der Waals surface area contributed by atoms with Crippen molar-refractivity contribution in [2.75, 3.05) is 38.1 Å². The van der Waals surface area contributed by atoms with Gasteiger partial charge in [0.1, 0.15) is 5.82 Å². The van der Waals surface area contributed by atoms with Crippen molar-refractivity contribution in [2.24, 2.45) is 0 Å². The van der Waals surface area contributed by atoms with Crippen molar-refractivity contribution in [1.82, 2.24) is 19.8 Å². The molecule has 1 aromatic heterocycles. The van der Waals surface area contributed by atoms with Gasteiger partial charge in [-0.05, 0) is 25.1 Å². The van der Waals surface area contributed by atoms with E-state index in [9.17, 15) is 14.0 Å². The smallest absolute Gasteiger partial charge is 0.409 e. The molecule has 1 aromatic carbocycles. The summed E-state index contributed by atoms with van der Waals surface area (Å²) in [7, 11) is 0. The topological polar surface area (TPSA) is 87.7 Å². The minimum absolute atomic E-state index is 0.198. The molecular weight excluding hydrogens is 353 g/mol. The zero-order valence-corrected chi connectivity index (χ0v) is 14.9. The van der Waals surface area contributed by atoms with Crippen LogP contribution in [-0.4, -0.2) is 64.6 Å². The molecule has 27 heavy (non-hydrogen) atoms. The van der Waals surface area contributed by atoms with Crippen molar-refractivity contribution >= 4 is 23.6 Å². The van der Waals surface area contributed by atoms with Crippen LogP contribution in [0.1, 0.15) is 17.3 Å². The fourth-order valence-electron chi connectivity index (χ4n) is 2.69. The number of rotatable bonds is 4. The molecule has 1 saturated heterocycles. The van der Waals surface area contributed by atoms with Gasteiger partial charge >= 0.3 is 6.09 Å². The zero-order chi connectivity index (χ0) is 19.2. The predicted molar refractivity (Wildman–Crippen MR) is 96.2 cm³/mol. The fraction of sp³-hybridized carbons (Fsp3) is 0.333. The van der Waals surface area contributed by atoms with Crippen molar-refractivity contribution < 1.29 is 18.7 Å². The summed E-state index contributed by atoms with van der Waals surface area (Å²) in [6.45, 7) is 3.76. The number of nitrogens with zero attached hydrogens (tertiary/aromatic N) is 4. The third kappa shape index (κ3) is 4.69. The SMILES string of the molecule is CCOC(=O)N1CCN(C(=O)c2cnc(Nc3cccc(F)c3)nc2)CC1. The number of nitrogens with one attached hydrogen (secondary N) is 1. The van der Waals surface area contributed by atoms with Crippen molar-refractivity contribution in [3.63, 3.8) is 0 Å². The first-order valence-corrected chi connectivity index (χ1v) is 8.62. The number of halogens is 1. The average molecular weight is 373 g/mol. The lowest BCUT2D eigenvalue weighted by Crippen LogP contribution is -2.50. The Morgan fingerprint density at radius 2 is 1.81 bits per heavy atom. The van der Waals surface area contributed by atoms with Crippen LogP contribution in [0, 0.1) is 5.82 Å². The highest BCUT2D eigenvalue weighted by Crippen LogP contribution is 2.14. The van der Waals surface area contributed by atoms with Gasteiger partial charge in [0.25, 0.3) is 5.91 Å². The number of piperazine rings is 1. The van der Waals surface area contributed by atoms with Gasteiger partial charge in [0.15, 0.2) is 0 Å². The second-order valence-corrected chi connectivity index (χ2v) is 5.91. The van der Waals surface area contributed by atoms with E-state index in [1.54, 1.807) is 28.9 Å². The lowest BCUT2D eigenvalue weighted by molar-refractivity contribution is 0.0570. The summed E-state index contributed by atoms with van der Waals surface area (Å²) in [5.41, 5.74) is 0.869. The van der Waals surface area contributed by atoms with Crippen molar-refractivity contribution in [1.29, 1.82) is 0 Å². The molecule has 1 N–H and O–H groups in total. The summed E-state index contributed by atoms with van der Waals surface area (Å²) in [6.07, 6.45) is 2.49. The van der Waals surface area contributed by atoms with Crippen LogP contribution in [0.15, 0.2) is 36.7 Å². The quantitative estimate of drug-likeness (QED) is 0.885. The maximum Gasteiger partial charge on any atom is 0.409 e. The number of carbonyl (C=O) groups excluding carboxylic acids is 2. The number of hydrogen-bond acceptors (Lipinski definition) is 6. The molecule has 3 rings (SSSR count). The molecule has 9 heteroatoms. The van der Waals surface area contributed by atoms with E-state index in [4.69, 9.17) is 4.74 Å². The maximum absolute atomic E-state index is 13.2. The summed E-state index contributed by atoms with van der Waals surface area (Å²) >= 11 is 0. The number of hydrogen-bond donors (Lipinski definition) is 1. The van der Waals surface area contributed by atoms with Crippen LogP contribution in [-0.2, 0) is 4.74 Å². The Hall–Kier alpha value is -3.23. The van der Waals surface area contributed by atoms with Crippen LogP contribution < -0.4 is 5.32 Å². The van der Waals surface area contributed by atoms with Gasteiger partial charge in [-0.25, -0.2) is 19.2 Å². The molecule has 1 aliphatic rings. The van der Waals surface area contributed by atoms with Crippen LogP contribution in [0.25, 0.3) is 0 Å². The zero-order valence-electron chi connectivity index (χ0n) is 14.9. The molecule has 0 aliphatic carbocycles. The van der Waals surface area contributed by atoms with Gasteiger partial charge < -0.3 is 19.9 Å². The van der Waals surface area contributed by atoms with Gasteiger partial charge in [0.05, 0.1) is 12.2 Å². The van der Waals surface area contributed by atoms with E-state index in [2.05, 4.69) is 15.3 Å². The van der Waals surface area contributed by atoms with Crippen LogP contribution in [0.2, 0.25) is 0 Å². The number of aromatic nitrogens is 2. The molecule has 142 valence electrons. The third-order valence-corrected chi connectivity index (χ3v) is 4.07. The number of ether oxygens (including phenoxy) is 1. The van der Waals surface area contributed by atoms with E-state index in [0.29, 0.717) is 44.0 Å². The average Bonchev–Trinajstić information content (AvgIpc) is 2.68. The molecule has 1 fully saturated rings. The summed E-state index contributed by atoms with van der Waals surface area (Å²) in [5, 5.41) is 2.88. The fourth-order valence-corrected chi connectivity index (χ4v) is 2.69. The van der Waals surface area contributed by atoms with Crippen LogP contribution in [0.4, 0.5) is 20.8 Å². The van der Waals surface area contributed by atoms with E-state index in [0.717, 1.165) is 0 Å². The highest BCUT2D eigenvalue weighted by atomic mass is 19.1. The van der Waals surface area contributed by atoms with Gasteiger partial charge in [-0.15, -0.1) is 0 Å². The Balaban J connectivity index is 1.57. The lowest BCUT2D eigenvalue weighted by Gasteiger charge is -2.33. The third-order valence-electron chi connectivity index (χ3n) is 4.07. The monoisotopic (exact) mass is 373 g/mol. The predicted octanol–water partition coefficient (Wildman–Crippen LogP) is 2.27.